The zero-order chi connectivity index (χ0) is 13.0. The highest BCUT2D eigenvalue weighted by atomic mass is 16.5. The van der Waals surface area contributed by atoms with Crippen molar-refractivity contribution in [3.8, 4) is 0 Å². The van der Waals surface area contributed by atoms with Gasteiger partial charge in [-0.2, -0.15) is 0 Å². The van der Waals surface area contributed by atoms with E-state index in [1.165, 1.54) is 51.4 Å². The molecule has 0 bridgehead atoms. The van der Waals surface area contributed by atoms with E-state index in [0.29, 0.717) is 5.92 Å². The molecule has 2 aliphatic carbocycles. The molecule has 0 aromatic rings. The topological polar surface area (TPSA) is 26.3 Å². The fourth-order valence-electron chi connectivity index (χ4n) is 3.95. The maximum atomic E-state index is 12.6. The summed E-state index contributed by atoms with van der Waals surface area (Å²) in [6.45, 7) is 3.94. The Kier molecular flexibility index (Phi) is 4.69. The molecule has 0 heterocycles. The molecule has 0 aromatic heterocycles. The van der Waals surface area contributed by atoms with Gasteiger partial charge in [-0.25, -0.2) is 0 Å². The third kappa shape index (κ3) is 2.89. The van der Waals surface area contributed by atoms with Gasteiger partial charge in [0, 0.05) is 0 Å². The lowest BCUT2D eigenvalue weighted by molar-refractivity contribution is -0.167. The molecular formula is C16H28O2. The van der Waals surface area contributed by atoms with E-state index < -0.39 is 0 Å². The molecule has 0 aromatic carbocycles. The van der Waals surface area contributed by atoms with Gasteiger partial charge in [-0.1, -0.05) is 38.5 Å². The lowest BCUT2D eigenvalue weighted by atomic mass is 9.61. The molecule has 2 aliphatic rings. The Hall–Kier alpha value is -0.530. The molecule has 0 spiro atoms. The molecule has 0 N–H and O–H groups in total. The van der Waals surface area contributed by atoms with E-state index in [1.54, 1.807) is 0 Å². The molecule has 2 heteroatoms. The van der Waals surface area contributed by atoms with Crippen LogP contribution < -0.4 is 0 Å². The van der Waals surface area contributed by atoms with E-state index in [2.05, 4.69) is 0 Å². The second-order valence-corrected chi connectivity index (χ2v) is 6.51. The largest absolute Gasteiger partial charge is 0.463 e. The summed E-state index contributed by atoms with van der Waals surface area (Å²) < 4.78 is 5.61. The molecule has 2 rings (SSSR count). The van der Waals surface area contributed by atoms with E-state index in [-0.39, 0.29) is 17.5 Å². The molecule has 0 atom stereocenters. The van der Waals surface area contributed by atoms with Crippen LogP contribution in [0.15, 0.2) is 0 Å². The summed E-state index contributed by atoms with van der Waals surface area (Å²) in [4.78, 5) is 12.6. The first-order valence-electron chi connectivity index (χ1n) is 7.86. The number of esters is 1. The van der Waals surface area contributed by atoms with Crippen LogP contribution in [0.1, 0.15) is 78.1 Å². The molecular weight excluding hydrogens is 224 g/mol. The van der Waals surface area contributed by atoms with Gasteiger partial charge in [-0.3, -0.25) is 4.79 Å². The first kappa shape index (κ1) is 13.9. The van der Waals surface area contributed by atoms with Crippen molar-refractivity contribution in [1.29, 1.82) is 0 Å². The summed E-state index contributed by atoms with van der Waals surface area (Å²) in [7, 11) is 0. The highest BCUT2D eigenvalue weighted by molar-refractivity contribution is 5.77. The van der Waals surface area contributed by atoms with Crippen molar-refractivity contribution in [2.45, 2.75) is 84.2 Å². The summed E-state index contributed by atoms with van der Waals surface area (Å²) in [5.41, 5.74) is -0.122. The number of hydrogen-bond acceptors (Lipinski definition) is 2. The zero-order valence-corrected chi connectivity index (χ0v) is 12.0. The van der Waals surface area contributed by atoms with Crippen LogP contribution in [0, 0.1) is 11.3 Å². The smallest absolute Gasteiger partial charge is 0.312 e. The molecule has 104 valence electrons. The van der Waals surface area contributed by atoms with Crippen LogP contribution in [-0.2, 0) is 9.53 Å². The van der Waals surface area contributed by atoms with E-state index in [0.717, 1.165) is 12.8 Å². The molecule has 0 amide bonds. The van der Waals surface area contributed by atoms with Crippen molar-refractivity contribution in [2.75, 3.05) is 0 Å². The van der Waals surface area contributed by atoms with Gasteiger partial charge in [0.15, 0.2) is 0 Å². The SMILES string of the molecule is CC(C)OC(=O)C1(C2CCCCC2)CCCCC1. The Morgan fingerprint density at radius 1 is 1.00 bits per heavy atom. The minimum atomic E-state index is -0.122. The first-order chi connectivity index (χ1) is 8.65. The third-order valence-corrected chi connectivity index (χ3v) is 4.88. The minimum absolute atomic E-state index is 0.0277. The normalized spacial score (nSPS) is 25.1. The van der Waals surface area contributed by atoms with Crippen LogP contribution in [0.3, 0.4) is 0 Å². The van der Waals surface area contributed by atoms with Crippen LogP contribution in [-0.4, -0.2) is 12.1 Å². The highest BCUT2D eigenvalue weighted by Gasteiger charge is 2.47. The van der Waals surface area contributed by atoms with E-state index in [9.17, 15) is 4.79 Å². The Labute approximate surface area is 111 Å². The van der Waals surface area contributed by atoms with Gasteiger partial charge in [-0.15, -0.1) is 0 Å². The number of carbonyl (C=O) groups is 1. The Morgan fingerprint density at radius 2 is 1.56 bits per heavy atom. The van der Waals surface area contributed by atoms with E-state index in [1.807, 2.05) is 13.8 Å². The summed E-state index contributed by atoms with van der Waals surface area (Å²) in [6.07, 6.45) is 12.3. The van der Waals surface area contributed by atoms with Crippen LogP contribution in [0.5, 0.6) is 0 Å². The fraction of sp³-hybridized carbons (Fsp3) is 0.938. The summed E-state index contributed by atoms with van der Waals surface area (Å²) >= 11 is 0. The van der Waals surface area contributed by atoms with Gasteiger partial charge >= 0.3 is 5.97 Å². The lowest BCUT2D eigenvalue weighted by Gasteiger charge is -2.43. The summed E-state index contributed by atoms with van der Waals surface area (Å²) in [5.74, 6) is 0.710. The standard InChI is InChI=1S/C16H28O2/c1-13(2)18-15(17)16(11-7-4-8-12-16)14-9-5-3-6-10-14/h13-14H,3-12H2,1-2H3. The van der Waals surface area contributed by atoms with Crippen molar-refractivity contribution in [2.24, 2.45) is 11.3 Å². The van der Waals surface area contributed by atoms with Gasteiger partial charge in [0.2, 0.25) is 0 Å². The van der Waals surface area contributed by atoms with E-state index >= 15 is 0 Å². The van der Waals surface area contributed by atoms with Crippen LogP contribution in [0.25, 0.3) is 0 Å². The molecule has 0 unspecified atom stereocenters. The van der Waals surface area contributed by atoms with E-state index in [4.69, 9.17) is 4.74 Å². The Balaban J connectivity index is 2.13. The molecule has 2 saturated carbocycles. The second kappa shape index (κ2) is 6.08. The number of carbonyl (C=O) groups excluding carboxylic acids is 1. The lowest BCUT2D eigenvalue weighted by Crippen LogP contribution is -2.43. The Bertz CT molecular complexity index is 271. The second-order valence-electron chi connectivity index (χ2n) is 6.51. The minimum Gasteiger partial charge on any atom is -0.463 e. The van der Waals surface area contributed by atoms with Crippen LogP contribution in [0.4, 0.5) is 0 Å². The quantitative estimate of drug-likeness (QED) is 0.693. The third-order valence-electron chi connectivity index (χ3n) is 4.88. The Morgan fingerprint density at radius 3 is 2.11 bits per heavy atom. The zero-order valence-electron chi connectivity index (χ0n) is 12.0. The molecule has 18 heavy (non-hydrogen) atoms. The van der Waals surface area contributed by atoms with Gasteiger partial charge in [0.1, 0.15) is 0 Å². The van der Waals surface area contributed by atoms with Gasteiger partial charge in [-0.05, 0) is 45.4 Å². The molecule has 2 nitrogen and oxygen atoms in total. The number of ether oxygens (including phenoxy) is 1. The number of rotatable bonds is 3. The van der Waals surface area contributed by atoms with Crippen LogP contribution in [0.2, 0.25) is 0 Å². The van der Waals surface area contributed by atoms with Crippen molar-refractivity contribution in [1.82, 2.24) is 0 Å². The highest BCUT2D eigenvalue weighted by Crippen LogP contribution is 2.49. The summed E-state index contributed by atoms with van der Waals surface area (Å²) in [5, 5.41) is 0. The maximum Gasteiger partial charge on any atom is 0.312 e. The first-order valence-corrected chi connectivity index (χ1v) is 7.86. The van der Waals surface area contributed by atoms with Gasteiger partial charge in [0.25, 0.3) is 0 Å². The van der Waals surface area contributed by atoms with Crippen molar-refractivity contribution < 1.29 is 9.53 Å². The fourth-order valence-corrected chi connectivity index (χ4v) is 3.95. The molecule has 0 saturated heterocycles. The predicted octanol–water partition coefficient (Wildman–Crippen LogP) is 4.47. The monoisotopic (exact) mass is 252 g/mol. The van der Waals surface area contributed by atoms with Crippen molar-refractivity contribution in [3.05, 3.63) is 0 Å². The van der Waals surface area contributed by atoms with Crippen molar-refractivity contribution in [3.63, 3.8) is 0 Å². The molecule has 0 radical (unpaired) electrons. The van der Waals surface area contributed by atoms with Crippen molar-refractivity contribution >= 4 is 5.97 Å². The summed E-state index contributed by atoms with van der Waals surface area (Å²) in [6, 6.07) is 0. The maximum absolute atomic E-state index is 12.6. The average Bonchev–Trinajstić information content (AvgIpc) is 2.40. The van der Waals surface area contributed by atoms with Gasteiger partial charge < -0.3 is 4.74 Å². The molecule has 2 fully saturated rings. The number of hydrogen-bond donors (Lipinski definition) is 0. The van der Waals surface area contributed by atoms with Gasteiger partial charge in [0.05, 0.1) is 11.5 Å². The predicted molar refractivity (Wildman–Crippen MR) is 73.3 cm³/mol. The molecule has 0 aliphatic heterocycles. The van der Waals surface area contributed by atoms with Crippen LogP contribution >= 0.6 is 0 Å². The average molecular weight is 252 g/mol.